The van der Waals surface area contributed by atoms with E-state index in [1.807, 2.05) is 31.2 Å². The quantitative estimate of drug-likeness (QED) is 0.573. The molecule has 1 saturated carbocycles. The van der Waals surface area contributed by atoms with Gasteiger partial charge >= 0.3 is 12.1 Å². The Kier molecular flexibility index (Phi) is 6.96. The lowest BCUT2D eigenvalue weighted by Gasteiger charge is -2.22. The number of alkyl carbamates (subject to hydrolysis) is 1. The summed E-state index contributed by atoms with van der Waals surface area (Å²) in [6, 6.07) is 16.3. The molecule has 33 heavy (non-hydrogen) atoms. The Labute approximate surface area is 193 Å². The Balaban J connectivity index is 1.26. The van der Waals surface area contributed by atoms with Gasteiger partial charge < -0.3 is 20.1 Å². The van der Waals surface area contributed by atoms with Crippen LogP contribution in [-0.4, -0.2) is 54.2 Å². The van der Waals surface area contributed by atoms with Crippen molar-refractivity contribution in [3.05, 3.63) is 59.7 Å². The van der Waals surface area contributed by atoms with Gasteiger partial charge in [0.1, 0.15) is 13.2 Å². The number of hydrogen-bond donors (Lipinski definition) is 2. The van der Waals surface area contributed by atoms with Gasteiger partial charge in [-0.05, 0) is 46.9 Å². The average Bonchev–Trinajstić information content (AvgIpc) is 3.56. The predicted octanol–water partition coefficient (Wildman–Crippen LogP) is 3.87. The van der Waals surface area contributed by atoms with Crippen LogP contribution >= 0.6 is 0 Å². The molecule has 2 amide bonds. The third-order valence-corrected chi connectivity index (χ3v) is 6.32. The maximum Gasteiger partial charge on any atom is 0.407 e. The summed E-state index contributed by atoms with van der Waals surface area (Å²) < 4.78 is 5.53. The second-order valence-electron chi connectivity index (χ2n) is 9.13. The molecule has 7 heteroatoms. The lowest BCUT2D eigenvalue weighted by Crippen LogP contribution is -2.39. The molecule has 2 aliphatic rings. The van der Waals surface area contributed by atoms with Gasteiger partial charge in [-0.25, -0.2) is 4.79 Å². The Hall–Kier alpha value is -3.35. The smallest absolute Gasteiger partial charge is 0.407 e. The minimum Gasteiger partial charge on any atom is -0.480 e. The van der Waals surface area contributed by atoms with Gasteiger partial charge in [-0.2, -0.15) is 0 Å². The molecular formula is C26H30N2O5. The van der Waals surface area contributed by atoms with E-state index >= 15 is 0 Å². The first-order chi connectivity index (χ1) is 15.9. The van der Waals surface area contributed by atoms with E-state index in [-0.39, 0.29) is 43.9 Å². The van der Waals surface area contributed by atoms with E-state index in [2.05, 4.69) is 29.6 Å². The minimum atomic E-state index is -1.01. The normalized spacial score (nSPS) is 15.3. The van der Waals surface area contributed by atoms with Gasteiger partial charge in [-0.1, -0.05) is 55.5 Å². The van der Waals surface area contributed by atoms with Crippen molar-refractivity contribution >= 4 is 18.0 Å². The maximum absolute atomic E-state index is 12.5. The fraction of sp³-hybridized carbons (Fsp3) is 0.423. The molecule has 0 saturated heterocycles. The van der Waals surface area contributed by atoms with E-state index < -0.39 is 12.1 Å². The number of nitrogens with one attached hydrogen (secondary N) is 1. The topological polar surface area (TPSA) is 95.9 Å². The van der Waals surface area contributed by atoms with Crippen molar-refractivity contribution in [3.8, 4) is 11.1 Å². The average molecular weight is 451 g/mol. The summed E-state index contributed by atoms with van der Waals surface area (Å²) in [6.45, 7) is 2.60. The molecule has 4 rings (SSSR count). The summed E-state index contributed by atoms with van der Waals surface area (Å²) in [5.41, 5.74) is 4.65. The van der Waals surface area contributed by atoms with Crippen LogP contribution in [0.3, 0.4) is 0 Å². The molecule has 0 spiro atoms. The largest absolute Gasteiger partial charge is 0.480 e. The molecule has 1 fully saturated rings. The highest BCUT2D eigenvalue weighted by Crippen LogP contribution is 2.44. The van der Waals surface area contributed by atoms with Gasteiger partial charge in [0.05, 0.1) is 0 Å². The number of carboxylic acids is 1. The van der Waals surface area contributed by atoms with Crippen LogP contribution in [0, 0.1) is 11.8 Å². The van der Waals surface area contributed by atoms with Crippen LogP contribution in [-0.2, 0) is 14.3 Å². The molecule has 7 nitrogen and oxygen atoms in total. The van der Waals surface area contributed by atoms with Crippen LogP contribution in [0.1, 0.15) is 43.2 Å². The van der Waals surface area contributed by atoms with Crippen LogP contribution in [0.15, 0.2) is 48.5 Å². The summed E-state index contributed by atoms with van der Waals surface area (Å²) in [4.78, 5) is 37.4. The molecule has 2 N–H and O–H groups in total. The van der Waals surface area contributed by atoms with Gasteiger partial charge in [0.25, 0.3) is 0 Å². The summed E-state index contributed by atoms with van der Waals surface area (Å²) in [5.74, 6) is -0.912. The number of ether oxygens (including phenoxy) is 1. The standard InChI is InChI=1S/C26H30N2O5/c1-17(12-24(29)28(15-25(30)31)14-18-10-11-18)13-27-26(32)33-16-23-21-8-4-2-6-19(21)20-7-3-5-9-22(20)23/h2-9,17-18,23H,10-16H2,1H3,(H,27,32)(H,30,31). The number of amides is 2. The van der Waals surface area contributed by atoms with Gasteiger partial charge in [-0.15, -0.1) is 0 Å². The Bertz CT molecular complexity index is 987. The first kappa shape index (κ1) is 22.8. The van der Waals surface area contributed by atoms with E-state index in [1.165, 1.54) is 16.0 Å². The summed E-state index contributed by atoms with van der Waals surface area (Å²) in [7, 11) is 0. The lowest BCUT2D eigenvalue weighted by molar-refractivity contribution is -0.145. The molecule has 2 aromatic carbocycles. The van der Waals surface area contributed by atoms with Crippen LogP contribution in [0.25, 0.3) is 11.1 Å². The van der Waals surface area contributed by atoms with Crippen LogP contribution in [0.5, 0.6) is 0 Å². The zero-order valence-electron chi connectivity index (χ0n) is 18.8. The highest BCUT2D eigenvalue weighted by Gasteiger charge is 2.30. The third-order valence-electron chi connectivity index (χ3n) is 6.32. The molecule has 2 aliphatic carbocycles. The number of carbonyl (C=O) groups excluding carboxylic acids is 2. The summed E-state index contributed by atoms with van der Waals surface area (Å²) in [6.07, 6.45) is 1.75. The first-order valence-electron chi connectivity index (χ1n) is 11.5. The molecule has 0 heterocycles. The second-order valence-corrected chi connectivity index (χ2v) is 9.13. The fourth-order valence-electron chi connectivity index (χ4n) is 4.44. The molecular weight excluding hydrogens is 420 g/mol. The van der Waals surface area contributed by atoms with Crippen molar-refractivity contribution in [1.82, 2.24) is 10.2 Å². The van der Waals surface area contributed by atoms with E-state index in [0.717, 1.165) is 24.0 Å². The number of carboxylic acid groups (broad SMARTS) is 1. The molecule has 174 valence electrons. The number of nitrogens with zero attached hydrogens (tertiary/aromatic N) is 1. The molecule has 0 aliphatic heterocycles. The van der Waals surface area contributed by atoms with E-state index in [9.17, 15) is 14.4 Å². The van der Waals surface area contributed by atoms with Crippen LogP contribution < -0.4 is 5.32 Å². The van der Waals surface area contributed by atoms with Crippen LogP contribution in [0.2, 0.25) is 0 Å². The lowest BCUT2D eigenvalue weighted by atomic mass is 9.98. The number of rotatable bonds is 10. The number of benzene rings is 2. The van der Waals surface area contributed by atoms with Crippen molar-refractivity contribution in [2.45, 2.75) is 32.1 Å². The second kappa shape index (κ2) is 10.1. The van der Waals surface area contributed by atoms with Crippen molar-refractivity contribution in [2.24, 2.45) is 11.8 Å². The first-order valence-corrected chi connectivity index (χ1v) is 11.5. The van der Waals surface area contributed by atoms with Crippen molar-refractivity contribution in [1.29, 1.82) is 0 Å². The van der Waals surface area contributed by atoms with E-state index in [0.29, 0.717) is 12.5 Å². The summed E-state index contributed by atoms with van der Waals surface area (Å²) in [5, 5.41) is 11.8. The van der Waals surface area contributed by atoms with Gasteiger partial charge in [0.2, 0.25) is 5.91 Å². The molecule has 0 radical (unpaired) electrons. The highest BCUT2D eigenvalue weighted by atomic mass is 16.5. The number of carbonyl (C=O) groups is 3. The zero-order valence-corrected chi connectivity index (χ0v) is 18.8. The van der Waals surface area contributed by atoms with Crippen molar-refractivity contribution in [3.63, 3.8) is 0 Å². The van der Waals surface area contributed by atoms with E-state index in [1.54, 1.807) is 0 Å². The molecule has 0 bridgehead atoms. The van der Waals surface area contributed by atoms with Crippen LogP contribution in [0.4, 0.5) is 4.79 Å². The number of aliphatic carboxylic acids is 1. The zero-order chi connectivity index (χ0) is 23.4. The van der Waals surface area contributed by atoms with Gasteiger partial charge in [0, 0.05) is 25.4 Å². The van der Waals surface area contributed by atoms with Gasteiger partial charge in [-0.3, -0.25) is 9.59 Å². The summed E-state index contributed by atoms with van der Waals surface area (Å²) >= 11 is 0. The monoisotopic (exact) mass is 450 g/mol. The van der Waals surface area contributed by atoms with Crippen molar-refractivity contribution in [2.75, 3.05) is 26.2 Å². The van der Waals surface area contributed by atoms with Gasteiger partial charge in [0.15, 0.2) is 0 Å². The predicted molar refractivity (Wildman–Crippen MR) is 124 cm³/mol. The number of hydrogen-bond acceptors (Lipinski definition) is 4. The maximum atomic E-state index is 12.5. The van der Waals surface area contributed by atoms with Crippen molar-refractivity contribution < 1.29 is 24.2 Å². The molecule has 0 aromatic heterocycles. The fourth-order valence-corrected chi connectivity index (χ4v) is 4.44. The Morgan fingerprint density at radius 1 is 1.06 bits per heavy atom. The Morgan fingerprint density at radius 2 is 1.67 bits per heavy atom. The molecule has 1 atom stereocenters. The SMILES string of the molecule is CC(CNC(=O)OCC1c2ccccc2-c2ccccc21)CC(=O)N(CC(=O)O)CC1CC1. The van der Waals surface area contributed by atoms with E-state index in [4.69, 9.17) is 9.84 Å². The highest BCUT2D eigenvalue weighted by molar-refractivity contribution is 5.81. The third kappa shape index (κ3) is 5.72. The molecule has 1 unspecified atom stereocenters. The minimum absolute atomic E-state index is 0.00541. The number of fused-ring (bicyclic) bond motifs is 3. The Morgan fingerprint density at radius 3 is 2.24 bits per heavy atom. The molecule has 2 aromatic rings.